The summed E-state index contributed by atoms with van der Waals surface area (Å²) in [6, 6.07) is 2.47. The molecule has 1 aliphatic heterocycles. The van der Waals surface area contributed by atoms with E-state index in [0.717, 1.165) is 24.7 Å². The van der Waals surface area contributed by atoms with Crippen molar-refractivity contribution in [3.8, 4) is 0 Å². The number of hydrogen-bond acceptors (Lipinski definition) is 4. The lowest BCUT2D eigenvalue weighted by Gasteiger charge is -2.28. The Bertz CT molecular complexity index is 459. The van der Waals surface area contributed by atoms with Crippen LogP contribution in [0.3, 0.4) is 0 Å². The molecule has 2 heterocycles. The smallest absolute Gasteiger partial charge is 0.135 e. The van der Waals surface area contributed by atoms with Gasteiger partial charge in [-0.1, -0.05) is 11.6 Å². The molecule has 0 N–H and O–H groups in total. The lowest BCUT2D eigenvalue weighted by molar-refractivity contribution is 0.371. The molecule has 0 amide bonds. The molecule has 19 heavy (non-hydrogen) atoms. The van der Waals surface area contributed by atoms with Crippen LogP contribution in [0.2, 0.25) is 5.15 Å². The lowest BCUT2D eigenvalue weighted by Crippen LogP contribution is -2.38. The van der Waals surface area contributed by atoms with E-state index >= 15 is 0 Å². The Morgan fingerprint density at radius 1 is 1.32 bits per heavy atom. The lowest BCUT2D eigenvalue weighted by atomic mass is 10.2. The summed E-state index contributed by atoms with van der Waals surface area (Å²) in [5.41, 5.74) is 0. The quantitative estimate of drug-likeness (QED) is 0.794. The van der Waals surface area contributed by atoms with Crippen molar-refractivity contribution in [1.82, 2.24) is 14.9 Å². The summed E-state index contributed by atoms with van der Waals surface area (Å²) in [6.45, 7) is 2.15. The van der Waals surface area contributed by atoms with E-state index in [4.69, 9.17) is 16.6 Å². The van der Waals surface area contributed by atoms with Crippen LogP contribution in [0.15, 0.2) is 6.07 Å². The first-order valence-electron chi connectivity index (χ1n) is 7.09. The average Bonchev–Trinajstić information content (AvgIpc) is 3.09. The molecule has 1 aromatic heterocycles. The second-order valence-corrected chi connectivity index (χ2v) is 6.32. The van der Waals surface area contributed by atoms with Crippen LogP contribution in [-0.2, 0) is 0 Å². The fourth-order valence-electron chi connectivity index (χ4n) is 2.84. The molecule has 1 atom stereocenters. The van der Waals surface area contributed by atoms with Crippen LogP contribution >= 0.6 is 11.6 Å². The minimum Gasteiger partial charge on any atom is -0.352 e. The molecule has 2 fully saturated rings. The van der Waals surface area contributed by atoms with Gasteiger partial charge in [0.25, 0.3) is 0 Å². The molecular weight excluding hydrogens is 260 g/mol. The van der Waals surface area contributed by atoms with Crippen molar-refractivity contribution in [2.24, 2.45) is 0 Å². The van der Waals surface area contributed by atoms with Gasteiger partial charge in [0.05, 0.1) is 0 Å². The number of anilines is 1. The van der Waals surface area contributed by atoms with Gasteiger partial charge in [-0.3, -0.25) is 0 Å². The van der Waals surface area contributed by atoms with E-state index in [0.29, 0.717) is 17.1 Å². The highest BCUT2D eigenvalue weighted by atomic mass is 35.5. The van der Waals surface area contributed by atoms with Crippen molar-refractivity contribution in [2.45, 2.75) is 37.6 Å². The summed E-state index contributed by atoms with van der Waals surface area (Å²) in [7, 11) is 4.25. The van der Waals surface area contributed by atoms with Crippen molar-refractivity contribution >= 4 is 17.4 Å². The zero-order valence-electron chi connectivity index (χ0n) is 11.6. The molecule has 0 aromatic carbocycles. The van der Waals surface area contributed by atoms with E-state index in [1.165, 1.54) is 25.7 Å². The third-order valence-corrected chi connectivity index (χ3v) is 4.08. The van der Waals surface area contributed by atoms with Crippen LogP contribution in [0.5, 0.6) is 0 Å². The van der Waals surface area contributed by atoms with Crippen LogP contribution in [-0.4, -0.2) is 48.1 Å². The monoisotopic (exact) mass is 280 g/mol. The van der Waals surface area contributed by atoms with Crippen molar-refractivity contribution in [3.05, 3.63) is 17.0 Å². The molecule has 0 radical (unpaired) electrons. The number of nitrogens with zero attached hydrogens (tertiary/aromatic N) is 4. The minimum atomic E-state index is 0.548. The molecule has 1 saturated carbocycles. The second-order valence-electron chi connectivity index (χ2n) is 5.93. The first kappa shape index (κ1) is 13.1. The molecule has 0 bridgehead atoms. The van der Waals surface area contributed by atoms with Gasteiger partial charge in [-0.05, 0) is 39.8 Å². The standard InChI is InChI=1S/C14H21ClN4/c1-18(2)9-11-4-3-7-19(11)13-8-12(15)16-14(17-13)10-5-6-10/h8,10-11H,3-7,9H2,1-2H3. The Labute approximate surface area is 119 Å². The summed E-state index contributed by atoms with van der Waals surface area (Å²) in [6.07, 6.45) is 4.89. The Balaban J connectivity index is 1.83. The molecule has 5 heteroatoms. The van der Waals surface area contributed by atoms with Gasteiger partial charge in [-0.2, -0.15) is 0 Å². The van der Waals surface area contributed by atoms with Crippen molar-refractivity contribution < 1.29 is 0 Å². The first-order valence-corrected chi connectivity index (χ1v) is 7.47. The highest BCUT2D eigenvalue weighted by Crippen LogP contribution is 2.39. The Kier molecular flexibility index (Phi) is 3.63. The fraction of sp³-hybridized carbons (Fsp3) is 0.714. The average molecular weight is 281 g/mol. The summed E-state index contributed by atoms with van der Waals surface area (Å²) < 4.78 is 0. The van der Waals surface area contributed by atoms with Crippen LogP contribution in [0, 0.1) is 0 Å². The highest BCUT2D eigenvalue weighted by Gasteiger charge is 2.30. The first-order chi connectivity index (χ1) is 9.13. The molecule has 1 saturated heterocycles. The van der Waals surface area contributed by atoms with Gasteiger partial charge >= 0.3 is 0 Å². The third kappa shape index (κ3) is 3.00. The van der Waals surface area contributed by atoms with E-state index < -0.39 is 0 Å². The summed E-state index contributed by atoms with van der Waals surface area (Å²) in [4.78, 5) is 13.8. The Morgan fingerprint density at radius 3 is 2.79 bits per heavy atom. The van der Waals surface area contributed by atoms with E-state index in [2.05, 4.69) is 28.9 Å². The van der Waals surface area contributed by atoms with E-state index in [9.17, 15) is 0 Å². The molecule has 0 spiro atoms. The maximum Gasteiger partial charge on any atom is 0.135 e. The number of hydrogen-bond donors (Lipinski definition) is 0. The van der Waals surface area contributed by atoms with Crippen LogP contribution < -0.4 is 4.90 Å². The van der Waals surface area contributed by atoms with Gasteiger partial charge in [0.15, 0.2) is 0 Å². The van der Waals surface area contributed by atoms with Crippen LogP contribution in [0.4, 0.5) is 5.82 Å². The van der Waals surface area contributed by atoms with Gasteiger partial charge in [-0.15, -0.1) is 0 Å². The number of rotatable bonds is 4. The molecule has 1 unspecified atom stereocenters. The topological polar surface area (TPSA) is 32.3 Å². The molecular formula is C14H21ClN4. The molecule has 104 valence electrons. The zero-order chi connectivity index (χ0) is 13.4. The largest absolute Gasteiger partial charge is 0.352 e. The van der Waals surface area contributed by atoms with Crippen molar-refractivity contribution in [1.29, 1.82) is 0 Å². The number of halogens is 1. The zero-order valence-corrected chi connectivity index (χ0v) is 12.4. The van der Waals surface area contributed by atoms with Gasteiger partial charge in [0.1, 0.15) is 16.8 Å². The van der Waals surface area contributed by atoms with Crippen molar-refractivity contribution in [2.75, 3.05) is 32.1 Å². The summed E-state index contributed by atoms with van der Waals surface area (Å²) in [5, 5.41) is 0.586. The fourth-order valence-corrected chi connectivity index (χ4v) is 3.03. The number of likely N-dealkylation sites (N-methyl/N-ethyl adjacent to an activating group) is 1. The van der Waals surface area contributed by atoms with E-state index in [1.54, 1.807) is 0 Å². The molecule has 2 aliphatic rings. The normalized spacial score (nSPS) is 23.4. The van der Waals surface area contributed by atoms with E-state index in [-0.39, 0.29) is 0 Å². The minimum absolute atomic E-state index is 0.548. The predicted octanol–water partition coefficient (Wildman–Crippen LogP) is 2.54. The highest BCUT2D eigenvalue weighted by molar-refractivity contribution is 6.29. The van der Waals surface area contributed by atoms with Gasteiger partial charge in [0, 0.05) is 31.1 Å². The predicted molar refractivity (Wildman–Crippen MR) is 77.9 cm³/mol. The molecule has 1 aliphatic carbocycles. The maximum atomic E-state index is 6.17. The summed E-state index contributed by atoms with van der Waals surface area (Å²) >= 11 is 6.17. The Morgan fingerprint density at radius 2 is 2.11 bits per heavy atom. The third-order valence-electron chi connectivity index (χ3n) is 3.89. The maximum absolute atomic E-state index is 6.17. The van der Waals surface area contributed by atoms with Gasteiger partial charge in [0.2, 0.25) is 0 Å². The second kappa shape index (κ2) is 5.25. The molecule has 3 rings (SSSR count). The van der Waals surface area contributed by atoms with Gasteiger partial charge < -0.3 is 9.80 Å². The van der Waals surface area contributed by atoms with Gasteiger partial charge in [-0.25, -0.2) is 9.97 Å². The molecule has 1 aromatic rings. The van der Waals surface area contributed by atoms with Crippen LogP contribution in [0.1, 0.15) is 37.4 Å². The Hall–Kier alpha value is -0.870. The molecule has 4 nitrogen and oxygen atoms in total. The van der Waals surface area contributed by atoms with E-state index in [1.807, 2.05) is 6.07 Å². The van der Waals surface area contributed by atoms with Crippen molar-refractivity contribution in [3.63, 3.8) is 0 Å². The summed E-state index contributed by atoms with van der Waals surface area (Å²) in [5.74, 6) is 2.51. The SMILES string of the molecule is CN(C)CC1CCCN1c1cc(Cl)nc(C2CC2)n1. The number of aromatic nitrogens is 2. The van der Waals surface area contributed by atoms with Crippen LogP contribution in [0.25, 0.3) is 0 Å².